The summed E-state index contributed by atoms with van der Waals surface area (Å²) >= 11 is 0. The van der Waals surface area contributed by atoms with Gasteiger partial charge in [0.1, 0.15) is 0 Å². The number of nitrogens with one attached hydrogen (secondary N) is 1. The Hall–Kier alpha value is -2.33. The standard InChI is InChI=1S/C20H21NO3/c1-23-20(22)14-10-8-13(9-11-14)18-16-6-4-12-24-19(16)15-5-2-3-7-17(15)21-18/h2-3,5,7-11,16,18-19,21H,4,6,12H2,1H3/t16-,18-,19?/m0/s1. The molecule has 1 N–H and O–H groups in total. The molecule has 4 rings (SSSR count). The molecule has 4 nitrogen and oxygen atoms in total. The van der Waals surface area contributed by atoms with Crippen molar-refractivity contribution in [3.05, 3.63) is 65.2 Å². The van der Waals surface area contributed by atoms with Gasteiger partial charge in [-0.3, -0.25) is 0 Å². The highest BCUT2D eigenvalue weighted by Gasteiger charge is 2.39. The molecule has 124 valence electrons. The van der Waals surface area contributed by atoms with Crippen LogP contribution in [0.5, 0.6) is 0 Å². The van der Waals surface area contributed by atoms with Gasteiger partial charge in [0.15, 0.2) is 0 Å². The largest absolute Gasteiger partial charge is 0.465 e. The Morgan fingerprint density at radius 3 is 2.75 bits per heavy atom. The van der Waals surface area contributed by atoms with Gasteiger partial charge in [-0.1, -0.05) is 30.3 Å². The zero-order chi connectivity index (χ0) is 16.5. The molecular weight excluding hydrogens is 302 g/mol. The van der Waals surface area contributed by atoms with Crippen LogP contribution in [-0.4, -0.2) is 19.7 Å². The minimum absolute atomic E-state index is 0.140. The fraction of sp³-hybridized carbons (Fsp3) is 0.350. The predicted octanol–water partition coefficient (Wildman–Crippen LogP) is 4.11. The summed E-state index contributed by atoms with van der Waals surface area (Å²) in [7, 11) is 1.40. The van der Waals surface area contributed by atoms with Crippen LogP contribution in [0.4, 0.5) is 5.69 Å². The van der Waals surface area contributed by atoms with Crippen LogP contribution in [0.2, 0.25) is 0 Å². The topological polar surface area (TPSA) is 47.6 Å². The maximum atomic E-state index is 11.6. The number of hydrogen-bond acceptors (Lipinski definition) is 4. The van der Waals surface area contributed by atoms with Gasteiger partial charge in [0.25, 0.3) is 0 Å². The molecule has 0 saturated carbocycles. The predicted molar refractivity (Wildman–Crippen MR) is 92.0 cm³/mol. The first-order chi connectivity index (χ1) is 11.8. The molecule has 3 atom stereocenters. The number of carbonyl (C=O) groups excluding carboxylic acids is 1. The number of anilines is 1. The SMILES string of the molecule is COC(=O)c1ccc([C@@H]2Nc3ccccc3C3OCCC[C@H]32)cc1. The zero-order valence-electron chi connectivity index (χ0n) is 13.7. The average molecular weight is 323 g/mol. The molecule has 1 fully saturated rings. The summed E-state index contributed by atoms with van der Waals surface area (Å²) in [4.78, 5) is 11.6. The molecule has 2 aliphatic heterocycles. The second-order valence-corrected chi connectivity index (χ2v) is 6.42. The van der Waals surface area contributed by atoms with E-state index in [1.165, 1.54) is 18.2 Å². The Balaban J connectivity index is 1.68. The van der Waals surface area contributed by atoms with Crippen molar-refractivity contribution in [1.29, 1.82) is 0 Å². The van der Waals surface area contributed by atoms with Gasteiger partial charge in [-0.25, -0.2) is 4.79 Å². The maximum Gasteiger partial charge on any atom is 0.337 e. The summed E-state index contributed by atoms with van der Waals surface area (Å²) in [5.74, 6) is 0.0972. The highest BCUT2D eigenvalue weighted by molar-refractivity contribution is 5.89. The van der Waals surface area contributed by atoms with Crippen LogP contribution in [0.15, 0.2) is 48.5 Å². The Labute approximate surface area is 141 Å². The van der Waals surface area contributed by atoms with Gasteiger partial charge in [-0.05, 0) is 36.6 Å². The van der Waals surface area contributed by atoms with E-state index in [-0.39, 0.29) is 18.1 Å². The normalized spacial score (nSPS) is 25.1. The van der Waals surface area contributed by atoms with Gasteiger partial charge in [-0.15, -0.1) is 0 Å². The van der Waals surface area contributed by atoms with Gasteiger partial charge in [0, 0.05) is 23.8 Å². The molecule has 0 spiro atoms. The number of methoxy groups -OCH3 is 1. The highest BCUT2D eigenvalue weighted by atomic mass is 16.5. The molecule has 2 aromatic carbocycles. The fourth-order valence-corrected chi connectivity index (χ4v) is 3.89. The third-order valence-electron chi connectivity index (χ3n) is 5.07. The van der Waals surface area contributed by atoms with E-state index in [1.54, 1.807) is 0 Å². The highest BCUT2D eigenvalue weighted by Crippen LogP contribution is 2.48. The molecule has 1 saturated heterocycles. The minimum atomic E-state index is -0.303. The van der Waals surface area contributed by atoms with E-state index in [1.807, 2.05) is 30.3 Å². The number of benzene rings is 2. The van der Waals surface area contributed by atoms with E-state index in [4.69, 9.17) is 9.47 Å². The van der Waals surface area contributed by atoms with E-state index in [0.717, 1.165) is 25.1 Å². The summed E-state index contributed by atoms with van der Waals surface area (Å²) in [5.41, 5.74) is 4.15. The van der Waals surface area contributed by atoms with Gasteiger partial charge in [0.2, 0.25) is 0 Å². The number of para-hydroxylation sites is 1. The maximum absolute atomic E-state index is 11.6. The monoisotopic (exact) mass is 323 g/mol. The number of carbonyl (C=O) groups is 1. The molecule has 2 heterocycles. The Morgan fingerprint density at radius 2 is 1.96 bits per heavy atom. The quantitative estimate of drug-likeness (QED) is 0.845. The van der Waals surface area contributed by atoms with Crippen molar-refractivity contribution in [2.75, 3.05) is 19.0 Å². The summed E-state index contributed by atoms with van der Waals surface area (Å²) < 4.78 is 10.9. The molecule has 0 bridgehead atoms. The van der Waals surface area contributed by atoms with Gasteiger partial charge < -0.3 is 14.8 Å². The molecular formula is C20H21NO3. The van der Waals surface area contributed by atoms with Crippen LogP contribution in [0.25, 0.3) is 0 Å². The van der Waals surface area contributed by atoms with E-state index in [9.17, 15) is 4.79 Å². The van der Waals surface area contributed by atoms with E-state index in [0.29, 0.717) is 11.5 Å². The molecule has 1 unspecified atom stereocenters. The van der Waals surface area contributed by atoms with Crippen molar-refractivity contribution >= 4 is 11.7 Å². The molecule has 0 aliphatic carbocycles. The number of rotatable bonds is 2. The van der Waals surface area contributed by atoms with Crippen molar-refractivity contribution in [2.45, 2.75) is 25.0 Å². The average Bonchev–Trinajstić information content (AvgIpc) is 2.67. The molecule has 2 aliphatic rings. The number of fused-ring (bicyclic) bond motifs is 3. The summed E-state index contributed by atoms with van der Waals surface area (Å²) in [6.45, 7) is 0.823. The lowest BCUT2D eigenvalue weighted by Gasteiger charge is -2.43. The third kappa shape index (κ3) is 2.57. The number of esters is 1. The van der Waals surface area contributed by atoms with Crippen LogP contribution < -0.4 is 5.32 Å². The number of hydrogen-bond donors (Lipinski definition) is 1. The van der Waals surface area contributed by atoms with Crippen LogP contribution in [0.1, 0.15) is 46.5 Å². The fourth-order valence-electron chi connectivity index (χ4n) is 3.89. The zero-order valence-corrected chi connectivity index (χ0v) is 13.7. The summed E-state index contributed by atoms with van der Waals surface area (Å²) in [5, 5.41) is 3.68. The Kier molecular flexibility index (Phi) is 3.98. The van der Waals surface area contributed by atoms with Crippen LogP contribution in [0.3, 0.4) is 0 Å². The van der Waals surface area contributed by atoms with Crippen LogP contribution in [-0.2, 0) is 9.47 Å². The van der Waals surface area contributed by atoms with Crippen molar-refractivity contribution < 1.29 is 14.3 Å². The first-order valence-corrected chi connectivity index (χ1v) is 8.43. The second kappa shape index (κ2) is 6.29. The molecule has 24 heavy (non-hydrogen) atoms. The third-order valence-corrected chi connectivity index (χ3v) is 5.07. The van der Waals surface area contributed by atoms with E-state index < -0.39 is 0 Å². The smallest absolute Gasteiger partial charge is 0.337 e. The summed E-state index contributed by atoms with van der Waals surface area (Å²) in [6.07, 6.45) is 2.36. The molecule has 0 aromatic heterocycles. The molecule has 0 amide bonds. The molecule has 4 heteroatoms. The van der Waals surface area contributed by atoms with Crippen molar-refractivity contribution in [1.82, 2.24) is 0 Å². The summed E-state index contributed by atoms with van der Waals surface area (Å²) in [6, 6.07) is 16.3. The van der Waals surface area contributed by atoms with Gasteiger partial charge in [0.05, 0.1) is 24.8 Å². The van der Waals surface area contributed by atoms with Crippen molar-refractivity contribution in [3.8, 4) is 0 Å². The van der Waals surface area contributed by atoms with Gasteiger partial charge >= 0.3 is 5.97 Å². The lowest BCUT2D eigenvalue weighted by Crippen LogP contribution is -2.35. The lowest BCUT2D eigenvalue weighted by atomic mass is 9.77. The first kappa shape index (κ1) is 15.2. The second-order valence-electron chi connectivity index (χ2n) is 6.42. The van der Waals surface area contributed by atoms with Crippen LogP contribution >= 0.6 is 0 Å². The molecule has 0 radical (unpaired) electrons. The van der Waals surface area contributed by atoms with E-state index >= 15 is 0 Å². The molecule has 2 aromatic rings. The Bertz CT molecular complexity index is 741. The van der Waals surface area contributed by atoms with Gasteiger partial charge in [-0.2, -0.15) is 0 Å². The lowest BCUT2D eigenvalue weighted by molar-refractivity contribution is -0.0381. The number of ether oxygens (including phenoxy) is 2. The van der Waals surface area contributed by atoms with E-state index in [2.05, 4.69) is 23.5 Å². The van der Waals surface area contributed by atoms with Crippen molar-refractivity contribution in [2.24, 2.45) is 5.92 Å². The first-order valence-electron chi connectivity index (χ1n) is 8.43. The Morgan fingerprint density at radius 1 is 1.17 bits per heavy atom. The van der Waals surface area contributed by atoms with Crippen molar-refractivity contribution in [3.63, 3.8) is 0 Å². The minimum Gasteiger partial charge on any atom is -0.465 e. The van der Waals surface area contributed by atoms with Crippen LogP contribution in [0, 0.1) is 5.92 Å².